The van der Waals surface area contributed by atoms with Crippen molar-refractivity contribution in [2.24, 2.45) is 5.92 Å². The van der Waals surface area contributed by atoms with Crippen LogP contribution in [0.1, 0.15) is 54.0 Å². The second-order valence-corrected chi connectivity index (χ2v) is 11.4. The number of hydrogen-bond donors (Lipinski definition) is 0. The number of aryl methyl sites for hydroxylation is 1. The molecule has 0 radical (unpaired) electrons. The van der Waals surface area contributed by atoms with E-state index in [2.05, 4.69) is 63.4 Å². The molecule has 1 aliphatic rings. The first-order valence-corrected chi connectivity index (χ1v) is 13.9. The predicted molar refractivity (Wildman–Crippen MR) is 144 cm³/mol. The highest BCUT2D eigenvalue weighted by molar-refractivity contribution is 7.99. The summed E-state index contributed by atoms with van der Waals surface area (Å²) < 4.78 is 12.3. The molecule has 1 aromatic heterocycles. The number of esters is 1. The van der Waals surface area contributed by atoms with E-state index in [9.17, 15) is 10.1 Å². The number of ether oxygens (including phenoxy) is 2. The summed E-state index contributed by atoms with van der Waals surface area (Å²) in [5, 5.41) is 9.25. The maximum Gasteiger partial charge on any atom is 0.302 e. The van der Waals surface area contributed by atoms with E-state index in [4.69, 9.17) is 9.47 Å². The molecule has 4 rings (SSSR count). The van der Waals surface area contributed by atoms with Crippen LogP contribution in [0.3, 0.4) is 0 Å². The Hall–Kier alpha value is -2.59. The van der Waals surface area contributed by atoms with E-state index >= 15 is 0 Å². The highest BCUT2D eigenvalue weighted by Gasteiger charge is 2.44. The Morgan fingerprint density at radius 1 is 1.17 bits per heavy atom. The van der Waals surface area contributed by atoms with E-state index in [1.165, 1.54) is 22.9 Å². The Kier molecular flexibility index (Phi) is 8.01. The zero-order valence-electron chi connectivity index (χ0n) is 20.8. The monoisotopic (exact) mass is 505 g/mol. The van der Waals surface area contributed by atoms with Crippen molar-refractivity contribution < 1.29 is 14.3 Å². The van der Waals surface area contributed by atoms with E-state index in [1.54, 1.807) is 23.1 Å². The maximum absolute atomic E-state index is 11.8. The van der Waals surface area contributed by atoms with Gasteiger partial charge in [-0.25, -0.2) is 0 Å². The summed E-state index contributed by atoms with van der Waals surface area (Å²) in [6.45, 7) is 7.78. The summed E-state index contributed by atoms with van der Waals surface area (Å²) in [5.74, 6) is -0.117. The number of nitriles is 1. The molecule has 0 amide bonds. The SMILES string of the molecule is CS[C@H]1C(c2ccc(C)c(Cc3ccc(-c4cccc(C#N)c4)s3)c2)O[C@H](C)[C@@H](C)[C@@H]1OC(C)=O. The smallest absolute Gasteiger partial charge is 0.302 e. The standard InChI is InChI=1S/C29H31NO3S2/c1-17-9-10-23(28-29(34-5)27(33-20(4)31)18(2)19(3)32-28)14-24(17)15-25-11-12-26(35-25)22-8-6-7-21(13-22)16-30/h6-14,18-19,27-29H,15H2,1-5H3/t18-,19-,27+,28?,29-/m1/s1. The summed E-state index contributed by atoms with van der Waals surface area (Å²) >= 11 is 3.46. The summed E-state index contributed by atoms with van der Waals surface area (Å²) in [4.78, 5) is 14.3. The van der Waals surface area contributed by atoms with Gasteiger partial charge in [0.25, 0.3) is 0 Å². The third kappa shape index (κ3) is 5.64. The number of nitrogens with zero attached hydrogens (tertiary/aromatic N) is 1. The summed E-state index contributed by atoms with van der Waals surface area (Å²) in [6, 6.07) is 20.8. The number of rotatable bonds is 6. The van der Waals surface area contributed by atoms with E-state index in [0.717, 1.165) is 22.4 Å². The minimum atomic E-state index is -0.243. The van der Waals surface area contributed by atoms with Gasteiger partial charge < -0.3 is 9.47 Å². The largest absolute Gasteiger partial charge is 0.461 e. The number of hydrogen-bond acceptors (Lipinski definition) is 6. The molecule has 2 aromatic carbocycles. The molecule has 0 bridgehead atoms. The van der Waals surface area contributed by atoms with Gasteiger partial charge in [0.05, 0.1) is 29.1 Å². The Morgan fingerprint density at radius 3 is 2.69 bits per heavy atom. The van der Waals surface area contributed by atoms with Crippen molar-refractivity contribution in [3.8, 4) is 16.5 Å². The first-order chi connectivity index (χ1) is 16.8. The predicted octanol–water partition coefficient (Wildman–Crippen LogP) is 6.95. The number of thiophene rings is 1. The Bertz CT molecular complexity index is 1240. The van der Waals surface area contributed by atoms with Crippen LogP contribution in [-0.2, 0) is 20.7 Å². The number of thioether (sulfide) groups is 1. The minimum Gasteiger partial charge on any atom is -0.461 e. The molecule has 0 aliphatic carbocycles. The lowest BCUT2D eigenvalue weighted by Crippen LogP contribution is -2.49. The molecule has 2 heterocycles. The highest BCUT2D eigenvalue weighted by Crippen LogP contribution is 2.42. The van der Waals surface area contributed by atoms with Crippen LogP contribution in [0.15, 0.2) is 54.6 Å². The first kappa shape index (κ1) is 25.5. The third-order valence-electron chi connectivity index (χ3n) is 6.82. The van der Waals surface area contributed by atoms with Gasteiger partial charge in [0.2, 0.25) is 0 Å². The zero-order chi connectivity index (χ0) is 25.1. The molecule has 1 fully saturated rings. The summed E-state index contributed by atoms with van der Waals surface area (Å²) in [6.07, 6.45) is 2.54. The van der Waals surface area contributed by atoms with Crippen LogP contribution >= 0.6 is 23.1 Å². The Labute approximate surface area is 216 Å². The molecule has 1 unspecified atom stereocenters. The summed E-state index contributed by atoms with van der Waals surface area (Å²) in [5.41, 5.74) is 5.38. The molecule has 0 N–H and O–H groups in total. The molecule has 4 nitrogen and oxygen atoms in total. The van der Waals surface area contributed by atoms with Crippen molar-refractivity contribution >= 4 is 29.1 Å². The van der Waals surface area contributed by atoms with Gasteiger partial charge in [-0.2, -0.15) is 17.0 Å². The van der Waals surface area contributed by atoms with Crippen molar-refractivity contribution in [3.05, 3.63) is 81.7 Å². The average molecular weight is 506 g/mol. The number of carbonyl (C=O) groups is 1. The zero-order valence-corrected chi connectivity index (χ0v) is 22.4. The molecule has 0 saturated carbocycles. The second-order valence-electron chi connectivity index (χ2n) is 9.22. The van der Waals surface area contributed by atoms with Crippen molar-refractivity contribution in [3.63, 3.8) is 0 Å². The molecule has 5 atom stereocenters. The lowest BCUT2D eigenvalue weighted by Gasteiger charge is -2.44. The van der Waals surface area contributed by atoms with E-state index in [0.29, 0.717) is 5.56 Å². The van der Waals surface area contributed by atoms with Gasteiger partial charge in [-0.1, -0.05) is 37.3 Å². The molecule has 1 aliphatic heterocycles. The van der Waals surface area contributed by atoms with E-state index in [-0.39, 0.29) is 35.4 Å². The van der Waals surface area contributed by atoms with Crippen LogP contribution < -0.4 is 0 Å². The maximum atomic E-state index is 11.8. The molecular weight excluding hydrogens is 474 g/mol. The van der Waals surface area contributed by atoms with Crippen LogP contribution in [-0.4, -0.2) is 29.7 Å². The van der Waals surface area contributed by atoms with Gasteiger partial charge in [0.15, 0.2) is 0 Å². The van der Waals surface area contributed by atoms with Crippen LogP contribution in [0.25, 0.3) is 10.4 Å². The van der Waals surface area contributed by atoms with Crippen molar-refractivity contribution in [2.75, 3.05) is 6.26 Å². The number of benzene rings is 2. The minimum absolute atomic E-state index is 0.0125. The Morgan fingerprint density at radius 2 is 1.97 bits per heavy atom. The fraction of sp³-hybridized carbons (Fsp3) is 0.379. The molecule has 1 saturated heterocycles. The normalized spacial score (nSPS) is 24.1. The quantitative estimate of drug-likeness (QED) is 0.339. The van der Waals surface area contributed by atoms with Gasteiger partial charge in [-0.05, 0) is 66.6 Å². The molecule has 3 aromatic rings. The van der Waals surface area contributed by atoms with E-state index < -0.39 is 0 Å². The average Bonchev–Trinajstić information content (AvgIpc) is 3.31. The Balaban J connectivity index is 1.60. The van der Waals surface area contributed by atoms with Crippen molar-refractivity contribution in [1.82, 2.24) is 0 Å². The highest BCUT2D eigenvalue weighted by atomic mass is 32.2. The molecule has 0 spiro atoms. The summed E-state index contributed by atoms with van der Waals surface area (Å²) in [7, 11) is 0. The van der Waals surface area contributed by atoms with Gasteiger partial charge in [0.1, 0.15) is 6.10 Å². The van der Waals surface area contributed by atoms with Gasteiger partial charge in [-0.15, -0.1) is 11.3 Å². The number of carbonyl (C=O) groups excluding carboxylic acids is 1. The van der Waals surface area contributed by atoms with Crippen molar-refractivity contribution in [2.45, 2.75) is 57.7 Å². The van der Waals surface area contributed by atoms with Gasteiger partial charge in [0, 0.05) is 29.0 Å². The van der Waals surface area contributed by atoms with Crippen LogP contribution in [0.5, 0.6) is 0 Å². The van der Waals surface area contributed by atoms with Gasteiger partial charge >= 0.3 is 5.97 Å². The topological polar surface area (TPSA) is 59.3 Å². The lowest BCUT2D eigenvalue weighted by atomic mass is 9.87. The molecule has 182 valence electrons. The van der Waals surface area contributed by atoms with Crippen LogP contribution in [0.4, 0.5) is 0 Å². The fourth-order valence-electron chi connectivity index (χ4n) is 4.68. The third-order valence-corrected chi connectivity index (χ3v) is 9.01. The second kappa shape index (κ2) is 11.0. The van der Waals surface area contributed by atoms with E-state index in [1.807, 2.05) is 24.3 Å². The van der Waals surface area contributed by atoms with Crippen LogP contribution in [0, 0.1) is 24.2 Å². The van der Waals surface area contributed by atoms with Gasteiger partial charge in [-0.3, -0.25) is 4.79 Å². The first-order valence-electron chi connectivity index (χ1n) is 11.8. The fourth-order valence-corrected chi connectivity index (χ4v) is 6.75. The van der Waals surface area contributed by atoms with Crippen molar-refractivity contribution in [1.29, 1.82) is 5.26 Å². The van der Waals surface area contributed by atoms with Crippen LogP contribution in [0.2, 0.25) is 0 Å². The molecule has 6 heteroatoms. The molecular formula is C29H31NO3S2. The lowest BCUT2D eigenvalue weighted by molar-refractivity contribution is -0.168. The molecule has 35 heavy (non-hydrogen) atoms.